The molecule has 2 aliphatic carbocycles. The summed E-state index contributed by atoms with van der Waals surface area (Å²) >= 11 is -0.722. The van der Waals surface area contributed by atoms with E-state index in [1.807, 2.05) is 27.4 Å². The van der Waals surface area contributed by atoms with Crippen LogP contribution in [0.25, 0.3) is 0 Å². The van der Waals surface area contributed by atoms with E-state index in [1.165, 1.54) is 12.8 Å². The zero-order valence-electron chi connectivity index (χ0n) is 16.3. The molecule has 0 aromatic rings. The Morgan fingerprint density at radius 1 is 0.750 bits per heavy atom. The minimum atomic E-state index is -1.46. The molecule has 0 aromatic carbocycles. The number of allylic oxidation sites excluding steroid dienone is 8. The second-order valence-corrected chi connectivity index (χ2v) is 29.2. The maximum Gasteiger partial charge on any atom is -1.00 e. The number of rotatable bonds is 2. The van der Waals surface area contributed by atoms with Crippen molar-refractivity contribution in [3.63, 3.8) is 0 Å². The molecule has 1 heterocycles. The molecule has 0 spiro atoms. The first-order valence-corrected chi connectivity index (χ1v) is 22.2. The molecule has 0 aromatic heterocycles. The van der Waals surface area contributed by atoms with Crippen LogP contribution in [0, 0.1) is 0 Å². The molecule has 0 saturated carbocycles. The van der Waals surface area contributed by atoms with E-state index in [4.69, 9.17) is 0 Å². The van der Waals surface area contributed by atoms with Crippen LogP contribution < -0.4 is 24.8 Å². The summed E-state index contributed by atoms with van der Waals surface area (Å²) in [6.07, 6.45) is 8.01. The van der Waals surface area contributed by atoms with Crippen LogP contribution in [-0.2, 0) is 22.9 Å². The van der Waals surface area contributed by atoms with Crippen molar-refractivity contribution in [2.45, 2.75) is 65.2 Å². The standard InChI is InChI=1S/C18H30Si3.2ClH.Hf/c1-19(2,3)15-11-9-13-17(15)21(7,8)18-14-10-12-16(18)20(4,5)6;;;/h11-12H,9-10H2,1-8H3;2*1H;/q;;;+2/p-2. The van der Waals surface area contributed by atoms with Crippen LogP contribution in [0.5, 0.6) is 0 Å². The molecule has 132 valence electrons. The fraction of sp³-hybridized carbons (Fsp3) is 0.556. The summed E-state index contributed by atoms with van der Waals surface area (Å²) in [5.74, 6) is 0. The molecule has 0 atom stereocenters. The van der Waals surface area contributed by atoms with Gasteiger partial charge >= 0.3 is 152 Å². The van der Waals surface area contributed by atoms with Crippen LogP contribution in [0.15, 0.2) is 39.6 Å². The predicted octanol–water partition coefficient (Wildman–Crippen LogP) is -0.199. The molecule has 6 heteroatoms. The maximum absolute atomic E-state index is 2.68. The molecule has 0 saturated heterocycles. The Balaban J connectivity index is 0.00000144. The monoisotopic (exact) mass is 580 g/mol. The quantitative estimate of drug-likeness (QED) is 0.398. The molecule has 24 heavy (non-hydrogen) atoms. The summed E-state index contributed by atoms with van der Waals surface area (Å²) in [5, 5.41) is 7.67. The first-order chi connectivity index (χ1) is 9.94. The summed E-state index contributed by atoms with van der Waals surface area (Å²) in [6, 6.07) is 0. The fourth-order valence-corrected chi connectivity index (χ4v) is 28.6. The van der Waals surface area contributed by atoms with E-state index < -0.39 is 47.1 Å². The van der Waals surface area contributed by atoms with Crippen LogP contribution in [0.2, 0.25) is 52.4 Å². The van der Waals surface area contributed by atoms with Crippen molar-refractivity contribution in [3.8, 4) is 0 Å². The SMILES string of the molecule is C[Si](C)(C)C1=CC[C]2=C1[Si](C)(C)C1=[C](CC=C1[Si](C)(C)C)[Hf+2]2.[Cl-].[Cl-]. The van der Waals surface area contributed by atoms with Crippen LogP contribution in [0.1, 0.15) is 12.8 Å². The van der Waals surface area contributed by atoms with Crippen molar-refractivity contribution in [2.75, 3.05) is 0 Å². The number of hydrogen-bond donors (Lipinski definition) is 0. The van der Waals surface area contributed by atoms with Gasteiger partial charge in [0, 0.05) is 0 Å². The van der Waals surface area contributed by atoms with Crippen molar-refractivity contribution in [3.05, 3.63) is 39.6 Å². The maximum atomic E-state index is 2.68. The topological polar surface area (TPSA) is 0 Å². The van der Waals surface area contributed by atoms with E-state index in [9.17, 15) is 0 Å². The van der Waals surface area contributed by atoms with E-state index in [0.717, 1.165) is 0 Å². The van der Waals surface area contributed by atoms with Crippen molar-refractivity contribution >= 4 is 24.2 Å². The Morgan fingerprint density at radius 3 is 1.38 bits per heavy atom. The second kappa shape index (κ2) is 7.23. The van der Waals surface area contributed by atoms with Gasteiger partial charge in [-0.15, -0.1) is 0 Å². The molecular formula is C18H30Cl2HfSi3. The van der Waals surface area contributed by atoms with Gasteiger partial charge < -0.3 is 24.8 Å². The average molecular weight is 580 g/mol. The Kier molecular flexibility index (Phi) is 6.96. The fourth-order valence-electron chi connectivity index (χ4n) is 4.47. The molecule has 0 unspecified atom stereocenters. The van der Waals surface area contributed by atoms with Crippen molar-refractivity contribution in [1.29, 1.82) is 0 Å². The van der Waals surface area contributed by atoms with Gasteiger partial charge in [0.1, 0.15) is 0 Å². The van der Waals surface area contributed by atoms with Crippen molar-refractivity contribution in [1.82, 2.24) is 0 Å². The number of hydrogen-bond acceptors (Lipinski definition) is 0. The Hall–Kier alpha value is 1.06. The minimum absolute atomic E-state index is 0. The van der Waals surface area contributed by atoms with Gasteiger partial charge in [-0.25, -0.2) is 0 Å². The molecule has 0 fully saturated rings. The van der Waals surface area contributed by atoms with E-state index in [2.05, 4.69) is 64.5 Å². The van der Waals surface area contributed by atoms with Gasteiger partial charge in [-0.05, 0) is 0 Å². The summed E-state index contributed by atoms with van der Waals surface area (Å²) in [4.78, 5) is 0. The normalized spacial score (nSPS) is 21.7. The number of halogens is 2. The second-order valence-electron chi connectivity index (χ2n) is 9.60. The summed E-state index contributed by atoms with van der Waals surface area (Å²) < 4.78 is 4.00. The van der Waals surface area contributed by atoms with Gasteiger partial charge in [-0.3, -0.25) is 0 Å². The molecule has 0 bridgehead atoms. The van der Waals surface area contributed by atoms with Gasteiger partial charge in [0.25, 0.3) is 0 Å². The predicted molar refractivity (Wildman–Crippen MR) is 104 cm³/mol. The third-order valence-corrected chi connectivity index (χ3v) is 20.8. The first kappa shape index (κ1) is 23.1. The molecule has 0 nitrogen and oxygen atoms in total. The zero-order valence-corrected chi connectivity index (χ0v) is 24.4. The van der Waals surface area contributed by atoms with Crippen LogP contribution >= 0.6 is 0 Å². The van der Waals surface area contributed by atoms with Gasteiger partial charge in [-0.1, -0.05) is 0 Å². The molecule has 3 rings (SSSR count). The Labute approximate surface area is 175 Å². The van der Waals surface area contributed by atoms with E-state index in [0.29, 0.717) is 0 Å². The van der Waals surface area contributed by atoms with Gasteiger partial charge in [-0.2, -0.15) is 0 Å². The third-order valence-electron chi connectivity index (χ3n) is 5.33. The van der Waals surface area contributed by atoms with Crippen LogP contribution in [0.4, 0.5) is 0 Å². The molecule has 0 amide bonds. The molecule has 3 aliphatic rings. The van der Waals surface area contributed by atoms with Crippen molar-refractivity contribution in [2.24, 2.45) is 0 Å². The van der Waals surface area contributed by atoms with E-state index in [-0.39, 0.29) is 24.8 Å². The third kappa shape index (κ3) is 3.70. The largest absolute Gasteiger partial charge is 1.00 e. The van der Waals surface area contributed by atoms with Gasteiger partial charge in [0.15, 0.2) is 0 Å². The first-order valence-electron chi connectivity index (χ1n) is 8.60. The molecule has 0 N–H and O–H groups in total. The molecule has 0 radical (unpaired) electrons. The Morgan fingerprint density at radius 2 is 1.08 bits per heavy atom. The average Bonchev–Trinajstić information content (AvgIpc) is 2.91. The smallest absolute Gasteiger partial charge is 1.00 e. The molecule has 1 aliphatic heterocycles. The van der Waals surface area contributed by atoms with Gasteiger partial charge in [0.2, 0.25) is 0 Å². The zero-order chi connectivity index (χ0) is 16.5. The van der Waals surface area contributed by atoms with E-state index >= 15 is 0 Å². The minimum Gasteiger partial charge on any atom is -1.00 e. The van der Waals surface area contributed by atoms with E-state index in [1.54, 1.807) is 0 Å². The summed E-state index contributed by atoms with van der Waals surface area (Å²) in [6.45, 7) is 20.7. The van der Waals surface area contributed by atoms with Crippen LogP contribution in [-0.4, -0.2) is 24.2 Å². The molecular weight excluding hydrogens is 550 g/mol. The Bertz CT molecular complexity index is 615. The summed E-state index contributed by atoms with van der Waals surface area (Å²) in [7, 11) is -3.84. The summed E-state index contributed by atoms with van der Waals surface area (Å²) in [5.41, 5.74) is 0. The van der Waals surface area contributed by atoms with Gasteiger partial charge in [0.05, 0.1) is 0 Å². The van der Waals surface area contributed by atoms with Crippen LogP contribution in [0.3, 0.4) is 0 Å². The van der Waals surface area contributed by atoms with Crippen molar-refractivity contribution < 1.29 is 47.7 Å².